The Bertz CT molecular complexity index is 1440. The highest BCUT2D eigenvalue weighted by Crippen LogP contribution is 2.33. The third-order valence-electron chi connectivity index (χ3n) is 6.84. The summed E-state index contributed by atoms with van der Waals surface area (Å²) in [6.07, 6.45) is 0.519. The van der Waals surface area contributed by atoms with Gasteiger partial charge < -0.3 is 9.80 Å². The molecule has 2 aromatic carbocycles. The van der Waals surface area contributed by atoms with Gasteiger partial charge in [0.05, 0.1) is 15.8 Å². The fraction of sp³-hybridized carbons (Fsp3) is 0.370. The van der Waals surface area contributed by atoms with Crippen LogP contribution in [0, 0.1) is 13.8 Å². The van der Waals surface area contributed by atoms with E-state index in [1.165, 1.54) is 15.9 Å². The van der Waals surface area contributed by atoms with Gasteiger partial charge in [-0.25, -0.2) is 4.68 Å². The van der Waals surface area contributed by atoms with Crippen LogP contribution >= 0.6 is 11.3 Å². The Morgan fingerprint density at radius 1 is 1.15 bits per heavy atom. The second-order valence-electron chi connectivity index (χ2n) is 9.23. The molecule has 176 valence electrons. The first-order valence-electron chi connectivity index (χ1n) is 11.9. The van der Waals surface area contributed by atoms with Crippen LogP contribution in [0.25, 0.3) is 20.2 Å². The summed E-state index contributed by atoms with van der Waals surface area (Å²) in [4.78, 5) is 31.6. The smallest absolute Gasteiger partial charge is 0.276 e. The Balaban J connectivity index is 1.45. The van der Waals surface area contributed by atoms with Crippen molar-refractivity contribution < 1.29 is 4.79 Å². The van der Waals surface area contributed by atoms with Crippen molar-refractivity contribution in [1.82, 2.24) is 14.7 Å². The second-order valence-corrected chi connectivity index (χ2v) is 10.3. The largest absolute Gasteiger partial charge is 0.365 e. The molecule has 1 aliphatic heterocycles. The van der Waals surface area contributed by atoms with Crippen LogP contribution in [0.4, 0.5) is 5.69 Å². The molecule has 7 heteroatoms. The summed E-state index contributed by atoms with van der Waals surface area (Å²) in [6.45, 7) is 10.1. The highest BCUT2D eigenvalue weighted by molar-refractivity contribution is 7.26. The molecule has 0 aliphatic carbocycles. The molecule has 1 amide bonds. The van der Waals surface area contributed by atoms with E-state index in [0.717, 1.165) is 27.0 Å². The molecule has 0 N–H and O–H groups in total. The van der Waals surface area contributed by atoms with Crippen LogP contribution in [-0.4, -0.2) is 46.3 Å². The van der Waals surface area contributed by atoms with Gasteiger partial charge in [0.1, 0.15) is 6.04 Å². The molecule has 1 aliphatic rings. The van der Waals surface area contributed by atoms with E-state index in [-0.39, 0.29) is 17.5 Å². The molecule has 1 fully saturated rings. The lowest BCUT2D eigenvalue weighted by Crippen LogP contribution is -2.55. The zero-order valence-corrected chi connectivity index (χ0v) is 20.9. The van der Waals surface area contributed by atoms with Crippen molar-refractivity contribution in [1.29, 1.82) is 0 Å². The van der Waals surface area contributed by atoms with Crippen molar-refractivity contribution in [2.24, 2.45) is 0 Å². The summed E-state index contributed by atoms with van der Waals surface area (Å²) in [6, 6.07) is 16.0. The average Bonchev–Trinajstić information content (AvgIpc) is 3.23. The van der Waals surface area contributed by atoms with Crippen LogP contribution in [0.1, 0.15) is 37.6 Å². The minimum absolute atomic E-state index is 0.0221. The summed E-state index contributed by atoms with van der Waals surface area (Å²) in [5.74, 6) is -0.0221. The summed E-state index contributed by atoms with van der Waals surface area (Å²) in [5, 5.41) is 6.25. The van der Waals surface area contributed by atoms with Gasteiger partial charge >= 0.3 is 0 Å². The van der Waals surface area contributed by atoms with Crippen LogP contribution in [0.5, 0.6) is 0 Å². The third-order valence-corrected chi connectivity index (χ3v) is 8.12. The number of aromatic nitrogens is 2. The molecule has 2 aromatic heterocycles. The number of carbonyl (C=O) groups is 1. The van der Waals surface area contributed by atoms with Crippen molar-refractivity contribution in [3.05, 3.63) is 70.1 Å². The van der Waals surface area contributed by atoms with Crippen molar-refractivity contribution in [3.8, 4) is 0 Å². The van der Waals surface area contributed by atoms with E-state index in [1.807, 2.05) is 43.0 Å². The number of carbonyl (C=O) groups excluding carboxylic acids is 1. The Morgan fingerprint density at radius 3 is 2.68 bits per heavy atom. The zero-order valence-electron chi connectivity index (χ0n) is 20.1. The molecule has 34 heavy (non-hydrogen) atoms. The number of anilines is 1. The molecule has 0 radical (unpaired) electrons. The standard InChI is InChI=1S/C27H30N4O2S/c1-5-22(26(32)29-13-14-30(18(3)16-29)20-10-8-9-17(2)15-20)31-27(33)24-21-11-6-7-12-23(21)34-25(24)19(4)28-31/h6-12,15,18,22H,5,13-14,16H2,1-4H3/t18-,22-/m1/s1. The minimum atomic E-state index is -0.605. The number of nitrogens with zero attached hydrogens (tertiary/aromatic N) is 4. The molecule has 3 heterocycles. The van der Waals surface area contributed by atoms with Crippen LogP contribution < -0.4 is 10.5 Å². The van der Waals surface area contributed by atoms with E-state index in [9.17, 15) is 9.59 Å². The van der Waals surface area contributed by atoms with Gasteiger partial charge in [-0.15, -0.1) is 11.3 Å². The van der Waals surface area contributed by atoms with Crippen LogP contribution in [0.15, 0.2) is 53.3 Å². The normalized spacial score (nSPS) is 17.5. The Morgan fingerprint density at radius 2 is 1.94 bits per heavy atom. The molecular weight excluding hydrogens is 444 g/mol. The van der Waals surface area contributed by atoms with E-state index in [0.29, 0.717) is 24.9 Å². The van der Waals surface area contributed by atoms with E-state index in [4.69, 9.17) is 0 Å². The summed E-state index contributed by atoms with van der Waals surface area (Å²) in [5.41, 5.74) is 3.03. The number of fused-ring (bicyclic) bond motifs is 3. The Kier molecular flexibility index (Phi) is 5.90. The van der Waals surface area contributed by atoms with Crippen LogP contribution in [0.3, 0.4) is 0 Å². The molecule has 5 rings (SSSR count). The van der Waals surface area contributed by atoms with Crippen molar-refractivity contribution >= 4 is 43.1 Å². The number of aryl methyl sites for hydroxylation is 2. The van der Waals surface area contributed by atoms with Gasteiger partial charge in [0.25, 0.3) is 5.56 Å². The number of benzene rings is 2. The monoisotopic (exact) mass is 474 g/mol. The van der Waals surface area contributed by atoms with Gasteiger partial charge in [0.15, 0.2) is 0 Å². The minimum Gasteiger partial charge on any atom is -0.365 e. The van der Waals surface area contributed by atoms with Crippen molar-refractivity contribution in [2.45, 2.75) is 46.2 Å². The zero-order chi connectivity index (χ0) is 24.0. The van der Waals surface area contributed by atoms with Gasteiger partial charge in [-0.05, 0) is 51.0 Å². The molecular formula is C27H30N4O2S. The van der Waals surface area contributed by atoms with Crippen molar-refractivity contribution in [2.75, 3.05) is 24.5 Å². The van der Waals surface area contributed by atoms with Crippen molar-refractivity contribution in [3.63, 3.8) is 0 Å². The lowest BCUT2D eigenvalue weighted by molar-refractivity contribution is -0.136. The number of hydrogen-bond donors (Lipinski definition) is 0. The highest BCUT2D eigenvalue weighted by atomic mass is 32.1. The molecule has 0 bridgehead atoms. The van der Waals surface area contributed by atoms with Gasteiger partial charge in [-0.2, -0.15) is 5.10 Å². The molecule has 2 atom stereocenters. The molecule has 4 aromatic rings. The van der Waals surface area contributed by atoms with Crippen LogP contribution in [0.2, 0.25) is 0 Å². The summed E-state index contributed by atoms with van der Waals surface area (Å²) < 4.78 is 3.42. The van der Waals surface area contributed by atoms with Crippen LogP contribution in [-0.2, 0) is 4.79 Å². The molecule has 1 saturated heterocycles. The second kappa shape index (κ2) is 8.87. The number of piperazine rings is 1. The van der Waals surface area contributed by atoms with Gasteiger partial charge in [-0.1, -0.05) is 37.3 Å². The number of thiophene rings is 1. The van der Waals surface area contributed by atoms with Gasteiger partial charge in [-0.3, -0.25) is 9.59 Å². The molecule has 0 unspecified atom stereocenters. The molecule has 0 spiro atoms. The van der Waals surface area contributed by atoms with E-state index in [2.05, 4.69) is 48.1 Å². The maximum atomic E-state index is 13.7. The van der Waals surface area contributed by atoms with E-state index in [1.54, 1.807) is 11.3 Å². The topological polar surface area (TPSA) is 58.4 Å². The van der Waals surface area contributed by atoms with Gasteiger partial charge in [0, 0.05) is 41.4 Å². The average molecular weight is 475 g/mol. The third kappa shape index (κ3) is 3.78. The predicted octanol–water partition coefficient (Wildman–Crippen LogP) is 4.92. The summed E-state index contributed by atoms with van der Waals surface area (Å²) >= 11 is 1.59. The lowest BCUT2D eigenvalue weighted by atomic mass is 10.1. The highest BCUT2D eigenvalue weighted by Gasteiger charge is 2.32. The maximum Gasteiger partial charge on any atom is 0.276 e. The SMILES string of the molecule is CC[C@H](C(=O)N1CCN(c2cccc(C)c2)[C@H](C)C1)n1nc(C)c2sc3ccccc3c2c1=O. The lowest BCUT2D eigenvalue weighted by Gasteiger charge is -2.42. The maximum absolute atomic E-state index is 13.7. The number of amides is 1. The molecule has 0 saturated carbocycles. The van der Waals surface area contributed by atoms with E-state index >= 15 is 0 Å². The Labute approximate surface area is 203 Å². The predicted molar refractivity (Wildman–Crippen MR) is 140 cm³/mol. The fourth-order valence-corrected chi connectivity index (χ4v) is 6.24. The number of hydrogen-bond acceptors (Lipinski definition) is 5. The Hall–Kier alpha value is -3.19. The summed E-state index contributed by atoms with van der Waals surface area (Å²) in [7, 11) is 0. The molecule has 6 nitrogen and oxygen atoms in total. The first-order chi connectivity index (χ1) is 16.4. The van der Waals surface area contributed by atoms with Gasteiger partial charge in [0.2, 0.25) is 5.91 Å². The first-order valence-corrected chi connectivity index (χ1v) is 12.7. The first kappa shape index (κ1) is 22.6. The quantitative estimate of drug-likeness (QED) is 0.421. The van der Waals surface area contributed by atoms with E-state index < -0.39 is 6.04 Å². The fourth-order valence-electron chi connectivity index (χ4n) is 5.10. The number of rotatable bonds is 4.